The molecular formula is C11H17CuN5O2S. The molecule has 0 amide bonds. The second-order valence-electron chi connectivity index (χ2n) is 3.20. The summed E-state index contributed by atoms with van der Waals surface area (Å²) in [6, 6.07) is 6.66. The second-order valence-corrected chi connectivity index (χ2v) is 3.97. The Kier molecular flexibility index (Phi) is 12.4. The molecule has 0 bridgehead atoms. The first-order chi connectivity index (χ1) is 8.72. The number of nitrogens with two attached hydrogens (primary N) is 2. The topological polar surface area (TPSA) is 146 Å². The standard InChI is InChI=1S/C9H8N3OS.C2H8N2.Cu.H2O/c1-14-9-10-8(11-12-9)6-4-2-3-5-7(6)13;3-1-2-4;;/h2-5H,1H3,(H-,10,11,12,13);1-4H2;;1H2/q-1;;+2;/p-1. The van der Waals surface area contributed by atoms with E-state index < -0.39 is 0 Å². The van der Waals surface area contributed by atoms with Gasteiger partial charge in [-0.1, -0.05) is 30.0 Å². The number of hydrogen-bond donors (Lipinski definition) is 2. The van der Waals surface area contributed by atoms with Gasteiger partial charge < -0.3 is 32.1 Å². The van der Waals surface area contributed by atoms with Crippen molar-refractivity contribution in [2.75, 3.05) is 19.3 Å². The molecular weight excluding hydrogens is 330 g/mol. The summed E-state index contributed by atoms with van der Waals surface area (Å²) in [6.07, 6.45) is 1.86. The molecule has 0 fully saturated rings. The van der Waals surface area contributed by atoms with Crippen LogP contribution in [-0.4, -0.2) is 34.9 Å². The van der Waals surface area contributed by atoms with Gasteiger partial charge in [0.2, 0.25) is 0 Å². The van der Waals surface area contributed by atoms with Gasteiger partial charge in [0, 0.05) is 13.1 Å². The quantitative estimate of drug-likeness (QED) is 0.533. The zero-order valence-corrected chi connectivity index (χ0v) is 12.6. The summed E-state index contributed by atoms with van der Waals surface area (Å²) < 4.78 is 0. The van der Waals surface area contributed by atoms with Crippen molar-refractivity contribution in [3.8, 4) is 17.1 Å². The van der Waals surface area contributed by atoms with Gasteiger partial charge in [0.1, 0.15) is 0 Å². The van der Waals surface area contributed by atoms with E-state index in [-0.39, 0.29) is 28.3 Å². The van der Waals surface area contributed by atoms with Gasteiger partial charge in [-0.15, -0.1) is 11.8 Å². The molecule has 1 heterocycles. The van der Waals surface area contributed by atoms with Gasteiger partial charge in [0.05, 0.1) is 5.82 Å². The number of aromatic nitrogens is 3. The number of hydrogen-bond acceptors (Lipinski definition) is 6. The van der Waals surface area contributed by atoms with Crippen LogP contribution in [0.5, 0.6) is 5.75 Å². The average molecular weight is 347 g/mol. The molecule has 9 heteroatoms. The molecule has 0 aliphatic carbocycles. The zero-order valence-electron chi connectivity index (χ0n) is 10.8. The van der Waals surface area contributed by atoms with Crippen LogP contribution in [0.25, 0.3) is 11.4 Å². The minimum atomic E-state index is -0.0763. The van der Waals surface area contributed by atoms with E-state index in [1.54, 1.807) is 18.2 Å². The van der Waals surface area contributed by atoms with Gasteiger partial charge >= 0.3 is 17.1 Å². The number of thioether (sulfide) groups is 1. The summed E-state index contributed by atoms with van der Waals surface area (Å²) in [5.74, 6) is 0.326. The summed E-state index contributed by atoms with van der Waals surface area (Å²) >= 11 is 1.40. The van der Waals surface area contributed by atoms with E-state index in [1.165, 1.54) is 17.8 Å². The summed E-state index contributed by atoms with van der Waals surface area (Å²) in [5, 5.41) is 19.6. The molecule has 0 saturated heterocycles. The molecule has 115 valence electrons. The van der Waals surface area contributed by atoms with Crippen molar-refractivity contribution in [1.29, 1.82) is 0 Å². The van der Waals surface area contributed by atoms with Crippen LogP contribution in [0.3, 0.4) is 0 Å². The normalized spacial score (nSPS) is 8.75. The Hall–Kier alpha value is -1.09. The molecule has 0 atom stereocenters. The van der Waals surface area contributed by atoms with E-state index in [4.69, 9.17) is 11.5 Å². The Balaban J connectivity index is 0. The molecule has 1 radical (unpaired) electrons. The summed E-state index contributed by atoms with van der Waals surface area (Å²) in [4.78, 5) is 4.10. The monoisotopic (exact) mass is 346 g/mol. The molecule has 0 unspecified atom stereocenters. The maximum absolute atomic E-state index is 11.4. The fourth-order valence-corrected chi connectivity index (χ4v) is 1.38. The Morgan fingerprint density at radius 1 is 1.25 bits per heavy atom. The second kappa shape index (κ2) is 11.7. The van der Waals surface area contributed by atoms with E-state index in [0.29, 0.717) is 29.6 Å². The van der Waals surface area contributed by atoms with E-state index in [2.05, 4.69) is 15.2 Å². The first-order valence-corrected chi connectivity index (χ1v) is 6.53. The van der Waals surface area contributed by atoms with E-state index in [1.807, 2.05) is 6.26 Å². The average Bonchev–Trinajstić information content (AvgIpc) is 2.88. The third kappa shape index (κ3) is 6.38. The van der Waals surface area contributed by atoms with Gasteiger partial charge in [-0.3, -0.25) is 5.10 Å². The molecule has 2 rings (SSSR count). The molecule has 7 nitrogen and oxygen atoms in total. The van der Waals surface area contributed by atoms with Gasteiger partial charge in [-0.05, 0) is 17.0 Å². The van der Waals surface area contributed by atoms with Crippen LogP contribution in [0.2, 0.25) is 0 Å². The Bertz CT molecular complexity index is 481. The molecule has 0 aliphatic heterocycles. The Morgan fingerprint density at radius 3 is 2.30 bits per heavy atom. The predicted molar refractivity (Wildman–Crippen MR) is 73.7 cm³/mol. The van der Waals surface area contributed by atoms with Crippen molar-refractivity contribution in [3.05, 3.63) is 24.3 Å². The smallest absolute Gasteiger partial charge is 0.872 e. The fourth-order valence-electron chi connectivity index (χ4n) is 1.08. The Morgan fingerprint density at radius 2 is 1.85 bits per heavy atom. The number of para-hydroxylation sites is 1. The summed E-state index contributed by atoms with van der Waals surface area (Å²) in [6.45, 7) is 1.19. The van der Waals surface area contributed by atoms with Crippen LogP contribution in [0, 0.1) is 0 Å². The maximum Gasteiger partial charge on any atom is 2.00 e. The maximum atomic E-state index is 11.4. The van der Waals surface area contributed by atoms with Crippen molar-refractivity contribution in [1.82, 2.24) is 15.2 Å². The van der Waals surface area contributed by atoms with Gasteiger partial charge in [0.15, 0.2) is 0 Å². The SMILES string of the molecule is CSc1nc(-c2ccccc2[O-])n[n-]1.NCCN.O.[Cu+2]. The van der Waals surface area contributed by atoms with Crippen LogP contribution in [0.15, 0.2) is 29.4 Å². The molecule has 1 aromatic carbocycles. The first-order valence-electron chi connectivity index (χ1n) is 5.30. The van der Waals surface area contributed by atoms with Crippen molar-refractivity contribution in [2.24, 2.45) is 11.5 Å². The third-order valence-electron chi connectivity index (χ3n) is 1.91. The number of benzene rings is 1. The number of nitrogens with zero attached hydrogens (tertiary/aromatic N) is 3. The minimum Gasteiger partial charge on any atom is -0.872 e. The van der Waals surface area contributed by atoms with Crippen LogP contribution in [-0.2, 0) is 17.1 Å². The summed E-state index contributed by atoms with van der Waals surface area (Å²) in [5.41, 5.74) is 10.3. The van der Waals surface area contributed by atoms with Crippen molar-refractivity contribution >= 4 is 11.8 Å². The van der Waals surface area contributed by atoms with Crippen LogP contribution < -0.4 is 21.7 Å². The Labute approximate surface area is 132 Å². The van der Waals surface area contributed by atoms with Crippen LogP contribution in [0.4, 0.5) is 0 Å². The minimum absolute atomic E-state index is 0. The van der Waals surface area contributed by atoms with Crippen molar-refractivity contribution in [3.63, 3.8) is 0 Å². The predicted octanol–water partition coefficient (Wildman–Crippen LogP) is -1.03. The fraction of sp³-hybridized carbons (Fsp3) is 0.273. The summed E-state index contributed by atoms with van der Waals surface area (Å²) in [7, 11) is 0. The largest absolute Gasteiger partial charge is 2.00 e. The molecule has 0 saturated carbocycles. The third-order valence-corrected chi connectivity index (χ3v) is 2.45. The van der Waals surface area contributed by atoms with E-state index in [9.17, 15) is 5.11 Å². The van der Waals surface area contributed by atoms with Crippen LogP contribution in [0.1, 0.15) is 0 Å². The van der Waals surface area contributed by atoms with Crippen molar-refractivity contribution in [2.45, 2.75) is 5.16 Å². The molecule has 6 N–H and O–H groups in total. The van der Waals surface area contributed by atoms with Crippen LogP contribution >= 0.6 is 11.8 Å². The van der Waals surface area contributed by atoms with Gasteiger partial charge in [0.25, 0.3) is 0 Å². The van der Waals surface area contributed by atoms with E-state index in [0.717, 1.165) is 0 Å². The molecule has 1 aromatic heterocycles. The van der Waals surface area contributed by atoms with Crippen molar-refractivity contribution < 1.29 is 27.7 Å². The zero-order chi connectivity index (χ0) is 13.4. The van der Waals surface area contributed by atoms with Gasteiger partial charge in [-0.2, -0.15) is 0 Å². The molecule has 0 spiro atoms. The number of rotatable bonds is 3. The molecule has 0 aliphatic rings. The van der Waals surface area contributed by atoms with E-state index >= 15 is 0 Å². The molecule has 20 heavy (non-hydrogen) atoms. The first kappa shape index (κ1) is 21.2. The van der Waals surface area contributed by atoms with Gasteiger partial charge in [-0.25, -0.2) is 0 Å². The molecule has 2 aromatic rings.